The lowest BCUT2D eigenvalue weighted by molar-refractivity contribution is 0.101. The molecule has 128 valence electrons. The molecule has 0 unspecified atom stereocenters. The van der Waals surface area contributed by atoms with E-state index in [4.69, 9.17) is 4.74 Å². The number of aryl methyl sites for hydroxylation is 1. The third-order valence-corrected chi connectivity index (χ3v) is 5.43. The third kappa shape index (κ3) is 3.43. The minimum absolute atomic E-state index is 0.107. The minimum atomic E-state index is -3.73. The maximum atomic E-state index is 12.6. The van der Waals surface area contributed by atoms with Crippen LogP contribution in [0, 0.1) is 20.8 Å². The fraction of sp³-hybridized carbons (Fsp3) is 0.278. The lowest BCUT2D eigenvalue weighted by atomic mass is 10.0. The molecule has 5 nitrogen and oxygen atoms in total. The van der Waals surface area contributed by atoms with Crippen LogP contribution >= 0.6 is 0 Å². The van der Waals surface area contributed by atoms with Crippen LogP contribution in [-0.4, -0.2) is 21.3 Å². The Morgan fingerprint density at radius 1 is 1.04 bits per heavy atom. The number of ether oxygens (including phenoxy) is 1. The van der Waals surface area contributed by atoms with Crippen molar-refractivity contribution in [2.24, 2.45) is 0 Å². The monoisotopic (exact) mass is 347 g/mol. The van der Waals surface area contributed by atoms with Crippen molar-refractivity contribution in [1.29, 1.82) is 0 Å². The van der Waals surface area contributed by atoms with Crippen LogP contribution in [0.25, 0.3) is 0 Å². The second kappa shape index (κ2) is 6.65. The number of nitrogens with one attached hydrogen (secondary N) is 1. The molecule has 0 amide bonds. The summed E-state index contributed by atoms with van der Waals surface area (Å²) in [5, 5.41) is 0. The number of hydrogen-bond donors (Lipinski definition) is 1. The van der Waals surface area contributed by atoms with Gasteiger partial charge in [0.2, 0.25) is 0 Å². The Balaban J connectivity index is 2.41. The Morgan fingerprint density at radius 3 is 2.12 bits per heavy atom. The van der Waals surface area contributed by atoms with Crippen molar-refractivity contribution in [3.05, 3.63) is 52.6 Å². The van der Waals surface area contributed by atoms with Crippen molar-refractivity contribution in [3.8, 4) is 5.75 Å². The van der Waals surface area contributed by atoms with E-state index in [9.17, 15) is 13.2 Å². The summed E-state index contributed by atoms with van der Waals surface area (Å²) in [6.07, 6.45) is 0. The average Bonchev–Trinajstić information content (AvgIpc) is 2.52. The van der Waals surface area contributed by atoms with Gasteiger partial charge < -0.3 is 4.74 Å². The topological polar surface area (TPSA) is 72.5 Å². The van der Waals surface area contributed by atoms with Crippen LogP contribution in [0.2, 0.25) is 0 Å². The normalized spacial score (nSPS) is 11.2. The van der Waals surface area contributed by atoms with E-state index in [0.29, 0.717) is 11.3 Å². The Kier molecular flexibility index (Phi) is 4.99. The van der Waals surface area contributed by atoms with E-state index in [2.05, 4.69) is 4.72 Å². The first-order valence-corrected chi connectivity index (χ1v) is 8.94. The highest BCUT2D eigenvalue weighted by Gasteiger charge is 2.18. The smallest absolute Gasteiger partial charge is 0.261 e. The molecule has 0 heterocycles. The average molecular weight is 347 g/mol. The molecule has 0 atom stereocenters. The van der Waals surface area contributed by atoms with Gasteiger partial charge in [-0.1, -0.05) is 12.1 Å². The zero-order valence-corrected chi connectivity index (χ0v) is 15.2. The van der Waals surface area contributed by atoms with Gasteiger partial charge in [-0.05, 0) is 62.6 Å². The number of ketones is 1. The van der Waals surface area contributed by atoms with Crippen LogP contribution < -0.4 is 9.46 Å². The Labute approximate surface area is 142 Å². The van der Waals surface area contributed by atoms with Crippen molar-refractivity contribution in [2.75, 3.05) is 11.8 Å². The van der Waals surface area contributed by atoms with Gasteiger partial charge in [0.15, 0.2) is 5.78 Å². The third-order valence-electron chi connectivity index (χ3n) is 4.05. The summed E-state index contributed by atoms with van der Waals surface area (Å²) in [7, 11) is -2.14. The van der Waals surface area contributed by atoms with E-state index in [1.165, 1.54) is 31.2 Å². The largest absolute Gasteiger partial charge is 0.496 e. The first kappa shape index (κ1) is 18.0. The molecule has 2 rings (SSSR count). The maximum Gasteiger partial charge on any atom is 0.261 e. The molecule has 2 aromatic rings. The van der Waals surface area contributed by atoms with E-state index >= 15 is 0 Å². The second-order valence-corrected chi connectivity index (χ2v) is 7.39. The molecule has 0 saturated carbocycles. The number of sulfonamides is 1. The zero-order valence-electron chi connectivity index (χ0n) is 14.4. The van der Waals surface area contributed by atoms with Crippen molar-refractivity contribution >= 4 is 21.5 Å². The van der Waals surface area contributed by atoms with Crippen LogP contribution in [0.1, 0.15) is 34.0 Å². The molecule has 0 aliphatic heterocycles. The first-order chi connectivity index (χ1) is 11.2. The molecule has 6 heteroatoms. The number of rotatable bonds is 5. The van der Waals surface area contributed by atoms with Gasteiger partial charge in [-0.3, -0.25) is 9.52 Å². The molecule has 0 aromatic heterocycles. The Bertz CT molecular complexity index is 884. The molecule has 0 bridgehead atoms. The zero-order chi connectivity index (χ0) is 18.1. The number of methoxy groups -OCH3 is 1. The quantitative estimate of drug-likeness (QED) is 0.839. The second-order valence-electron chi connectivity index (χ2n) is 5.71. The highest BCUT2D eigenvalue weighted by atomic mass is 32.2. The Morgan fingerprint density at radius 2 is 1.62 bits per heavy atom. The van der Waals surface area contributed by atoms with Crippen molar-refractivity contribution < 1.29 is 17.9 Å². The number of Topliss-reactive ketones (excluding diaryl/α,β-unsaturated/α-hetero) is 1. The lowest BCUT2D eigenvalue weighted by Gasteiger charge is -2.17. The number of carbonyl (C=O) groups is 1. The molecule has 0 spiro atoms. The van der Waals surface area contributed by atoms with Gasteiger partial charge in [0, 0.05) is 5.56 Å². The number of benzene rings is 2. The van der Waals surface area contributed by atoms with Gasteiger partial charge in [0.25, 0.3) is 10.0 Å². The summed E-state index contributed by atoms with van der Waals surface area (Å²) in [6, 6.07) is 7.63. The van der Waals surface area contributed by atoms with Crippen LogP contribution in [0.4, 0.5) is 5.69 Å². The highest BCUT2D eigenvalue weighted by Crippen LogP contribution is 2.32. The van der Waals surface area contributed by atoms with Crippen LogP contribution in [0.15, 0.2) is 35.2 Å². The first-order valence-electron chi connectivity index (χ1n) is 7.46. The molecular formula is C18H21NO4S. The molecule has 2 aromatic carbocycles. The maximum absolute atomic E-state index is 12.6. The SMILES string of the molecule is COc1c(C)cc(NS(=O)(=O)c2ccc(C(C)=O)cc2)c(C)c1C. The molecule has 0 saturated heterocycles. The van der Waals surface area contributed by atoms with E-state index in [1.807, 2.05) is 20.8 Å². The molecule has 0 fully saturated rings. The molecule has 0 radical (unpaired) electrons. The van der Waals surface area contributed by atoms with Gasteiger partial charge in [0.1, 0.15) is 5.75 Å². The summed E-state index contributed by atoms with van der Waals surface area (Å²) in [4.78, 5) is 11.4. The lowest BCUT2D eigenvalue weighted by Crippen LogP contribution is -2.14. The van der Waals surface area contributed by atoms with Crippen molar-refractivity contribution in [3.63, 3.8) is 0 Å². The molecule has 24 heavy (non-hydrogen) atoms. The van der Waals surface area contributed by atoms with Gasteiger partial charge in [-0.15, -0.1) is 0 Å². The van der Waals surface area contributed by atoms with Crippen molar-refractivity contribution in [2.45, 2.75) is 32.6 Å². The summed E-state index contributed by atoms with van der Waals surface area (Å²) in [6.45, 7) is 7.04. The van der Waals surface area contributed by atoms with E-state index in [-0.39, 0.29) is 10.7 Å². The van der Waals surface area contributed by atoms with Gasteiger partial charge >= 0.3 is 0 Å². The molecular weight excluding hydrogens is 326 g/mol. The van der Waals surface area contributed by atoms with Crippen LogP contribution in [-0.2, 0) is 10.0 Å². The molecule has 1 N–H and O–H groups in total. The molecule has 0 aliphatic carbocycles. The van der Waals surface area contributed by atoms with Crippen LogP contribution in [0.3, 0.4) is 0 Å². The number of anilines is 1. The summed E-state index contributed by atoms with van der Waals surface area (Å²) < 4.78 is 33.1. The predicted molar refractivity (Wildman–Crippen MR) is 94.5 cm³/mol. The van der Waals surface area contributed by atoms with E-state index in [0.717, 1.165) is 22.4 Å². The number of carbonyl (C=O) groups excluding carboxylic acids is 1. The van der Waals surface area contributed by atoms with E-state index in [1.54, 1.807) is 13.2 Å². The standard InChI is InChI=1S/C18H21NO4S/c1-11-10-17(12(2)13(3)18(11)23-5)19-24(21,22)16-8-6-15(7-9-16)14(4)20/h6-10,19H,1-5H3. The summed E-state index contributed by atoms with van der Waals surface area (Å²) in [5.74, 6) is 0.644. The molecule has 0 aliphatic rings. The fourth-order valence-electron chi connectivity index (χ4n) is 2.55. The fourth-order valence-corrected chi connectivity index (χ4v) is 3.66. The van der Waals surface area contributed by atoms with Gasteiger partial charge in [-0.25, -0.2) is 8.42 Å². The summed E-state index contributed by atoms with van der Waals surface area (Å²) >= 11 is 0. The van der Waals surface area contributed by atoms with Crippen molar-refractivity contribution in [1.82, 2.24) is 0 Å². The predicted octanol–water partition coefficient (Wildman–Crippen LogP) is 3.62. The Hall–Kier alpha value is -2.34. The summed E-state index contributed by atoms with van der Waals surface area (Å²) in [5.41, 5.74) is 3.54. The highest BCUT2D eigenvalue weighted by molar-refractivity contribution is 7.92. The van der Waals surface area contributed by atoms with Gasteiger partial charge in [0.05, 0.1) is 17.7 Å². The van der Waals surface area contributed by atoms with Crippen LogP contribution in [0.5, 0.6) is 5.75 Å². The minimum Gasteiger partial charge on any atom is -0.496 e. The number of hydrogen-bond acceptors (Lipinski definition) is 4. The van der Waals surface area contributed by atoms with Gasteiger partial charge in [-0.2, -0.15) is 0 Å². The van der Waals surface area contributed by atoms with E-state index < -0.39 is 10.0 Å².